The molecular weight excluding hydrogens is 256 g/mol. The molecule has 0 saturated heterocycles. The lowest BCUT2D eigenvalue weighted by Crippen LogP contribution is -2.13. The van der Waals surface area contributed by atoms with Crippen molar-refractivity contribution >= 4 is 27.8 Å². The van der Waals surface area contributed by atoms with E-state index in [1.807, 2.05) is 13.8 Å². The molecule has 3 N–H and O–H groups in total. The minimum atomic E-state index is 0.00412. The molecule has 1 unspecified atom stereocenters. The number of hydrogen-bond donors (Lipinski definition) is 2. The maximum atomic E-state index is 12.2. The first-order valence-electron chi connectivity index (χ1n) is 7.18. The van der Waals surface area contributed by atoms with Crippen molar-refractivity contribution in [2.45, 2.75) is 58.9 Å². The number of nitrogen functional groups attached to an aromatic ring is 1. The molecule has 0 aliphatic heterocycles. The lowest BCUT2D eigenvalue weighted by molar-refractivity contribution is 0.0944. The van der Waals surface area contributed by atoms with E-state index in [1.165, 1.54) is 18.4 Å². The van der Waals surface area contributed by atoms with E-state index in [4.69, 9.17) is 5.73 Å². The number of ketones is 1. The van der Waals surface area contributed by atoms with Crippen LogP contribution in [0.15, 0.2) is 0 Å². The summed E-state index contributed by atoms with van der Waals surface area (Å²) < 4.78 is 0. The van der Waals surface area contributed by atoms with Crippen molar-refractivity contribution in [1.82, 2.24) is 0 Å². The van der Waals surface area contributed by atoms with Gasteiger partial charge in [-0.05, 0) is 32.1 Å². The number of carbonyl (C=O) groups is 1. The van der Waals surface area contributed by atoms with Gasteiger partial charge in [0.2, 0.25) is 0 Å². The molecule has 19 heavy (non-hydrogen) atoms. The van der Waals surface area contributed by atoms with Gasteiger partial charge in [-0.1, -0.05) is 20.8 Å². The molecular formula is C15H24N2OS. The SMILES string of the molecule is CCC(C)Nc1sc(C(=O)C(C)C)c(N)c1C1CC1. The summed E-state index contributed by atoms with van der Waals surface area (Å²) in [5, 5.41) is 4.65. The van der Waals surface area contributed by atoms with Crippen molar-refractivity contribution in [3.8, 4) is 0 Å². The van der Waals surface area contributed by atoms with Crippen LogP contribution >= 0.6 is 11.3 Å². The summed E-state index contributed by atoms with van der Waals surface area (Å²) in [6.45, 7) is 8.18. The standard InChI is InChI=1S/C15H24N2OS/c1-5-9(4)17-15-11(10-6-7-10)12(16)14(19-15)13(18)8(2)3/h8-10,17H,5-7,16H2,1-4H3. The second-order valence-corrected chi connectivity index (χ2v) is 6.86. The first kappa shape index (κ1) is 14.4. The van der Waals surface area contributed by atoms with Gasteiger partial charge in [0.15, 0.2) is 5.78 Å². The Morgan fingerprint density at radius 1 is 1.42 bits per heavy atom. The molecule has 0 aromatic carbocycles. The minimum absolute atomic E-state index is 0.00412. The molecule has 0 bridgehead atoms. The smallest absolute Gasteiger partial charge is 0.177 e. The van der Waals surface area contributed by atoms with Crippen LogP contribution < -0.4 is 11.1 Å². The Kier molecular flexibility index (Phi) is 4.19. The van der Waals surface area contributed by atoms with Gasteiger partial charge in [-0.2, -0.15) is 0 Å². The highest BCUT2D eigenvalue weighted by Gasteiger charge is 2.33. The van der Waals surface area contributed by atoms with Gasteiger partial charge in [0, 0.05) is 17.5 Å². The number of anilines is 2. The van der Waals surface area contributed by atoms with Crippen molar-refractivity contribution in [2.75, 3.05) is 11.1 Å². The average molecular weight is 280 g/mol. The van der Waals surface area contributed by atoms with E-state index in [1.54, 1.807) is 11.3 Å². The Bertz CT molecular complexity index is 475. The third-order valence-electron chi connectivity index (χ3n) is 3.71. The molecule has 0 radical (unpaired) electrons. The molecule has 1 atom stereocenters. The largest absolute Gasteiger partial charge is 0.397 e. The molecule has 0 spiro atoms. The summed E-state index contributed by atoms with van der Waals surface area (Å²) in [5.41, 5.74) is 8.19. The Morgan fingerprint density at radius 3 is 2.53 bits per heavy atom. The van der Waals surface area contributed by atoms with Crippen molar-refractivity contribution < 1.29 is 4.79 Å². The third-order valence-corrected chi connectivity index (χ3v) is 4.87. The lowest BCUT2D eigenvalue weighted by atomic mass is 10.0. The zero-order valence-electron chi connectivity index (χ0n) is 12.2. The van der Waals surface area contributed by atoms with E-state index < -0.39 is 0 Å². The Hall–Kier alpha value is -1.03. The number of rotatable bonds is 6. The topological polar surface area (TPSA) is 55.1 Å². The van der Waals surface area contributed by atoms with Crippen LogP contribution in [0.25, 0.3) is 0 Å². The van der Waals surface area contributed by atoms with Crippen molar-refractivity contribution in [1.29, 1.82) is 0 Å². The molecule has 0 amide bonds. The van der Waals surface area contributed by atoms with E-state index in [0.29, 0.717) is 12.0 Å². The molecule has 1 aliphatic carbocycles. The number of nitrogens with one attached hydrogen (secondary N) is 1. The summed E-state index contributed by atoms with van der Waals surface area (Å²) in [5.74, 6) is 0.738. The van der Waals surface area contributed by atoms with Gasteiger partial charge in [-0.25, -0.2) is 0 Å². The second-order valence-electron chi connectivity index (χ2n) is 5.83. The van der Waals surface area contributed by atoms with Crippen LogP contribution in [0.1, 0.15) is 68.1 Å². The molecule has 1 aromatic heterocycles. The summed E-state index contributed by atoms with van der Waals surface area (Å²) in [7, 11) is 0. The predicted octanol–water partition coefficient (Wildman–Crippen LogP) is 4.26. The van der Waals surface area contributed by atoms with E-state index in [-0.39, 0.29) is 11.7 Å². The number of thiophene rings is 1. The first-order chi connectivity index (χ1) is 8.95. The molecule has 4 heteroatoms. The summed E-state index contributed by atoms with van der Waals surface area (Å²) in [6.07, 6.45) is 3.46. The average Bonchev–Trinajstić information content (AvgIpc) is 3.14. The zero-order chi connectivity index (χ0) is 14.2. The molecule has 1 aromatic rings. The van der Waals surface area contributed by atoms with Crippen LogP contribution in [0.5, 0.6) is 0 Å². The maximum absolute atomic E-state index is 12.2. The molecule has 1 heterocycles. The summed E-state index contributed by atoms with van der Waals surface area (Å²) >= 11 is 1.55. The molecule has 3 nitrogen and oxygen atoms in total. The summed E-state index contributed by atoms with van der Waals surface area (Å²) in [6, 6.07) is 0.414. The number of carbonyl (C=O) groups excluding carboxylic acids is 1. The monoisotopic (exact) mass is 280 g/mol. The van der Waals surface area contributed by atoms with Crippen molar-refractivity contribution in [3.05, 3.63) is 10.4 Å². The van der Waals surface area contributed by atoms with Gasteiger partial charge in [0.05, 0.1) is 15.6 Å². The van der Waals surface area contributed by atoms with Gasteiger partial charge in [-0.3, -0.25) is 4.79 Å². The fraction of sp³-hybridized carbons (Fsp3) is 0.667. The quantitative estimate of drug-likeness (QED) is 0.766. The maximum Gasteiger partial charge on any atom is 0.177 e. The molecule has 106 valence electrons. The van der Waals surface area contributed by atoms with E-state index in [2.05, 4.69) is 19.2 Å². The highest BCUT2D eigenvalue weighted by atomic mass is 32.1. The van der Waals surface area contributed by atoms with Crippen molar-refractivity contribution in [2.24, 2.45) is 5.92 Å². The lowest BCUT2D eigenvalue weighted by Gasteiger charge is -2.13. The molecule has 2 rings (SSSR count). The number of nitrogens with two attached hydrogens (primary N) is 1. The number of hydrogen-bond acceptors (Lipinski definition) is 4. The second kappa shape index (κ2) is 5.53. The van der Waals surface area contributed by atoms with Gasteiger partial charge >= 0.3 is 0 Å². The van der Waals surface area contributed by atoms with Gasteiger partial charge in [0.25, 0.3) is 0 Å². The Labute approximate surface area is 119 Å². The zero-order valence-corrected chi connectivity index (χ0v) is 13.1. The number of Topliss-reactive ketones (excluding diaryl/α,β-unsaturated/α-hetero) is 1. The molecule has 1 saturated carbocycles. The van der Waals surface area contributed by atoms with Crippen LogP contribution in [0.2, 0.25) is 0 Å². The van der Waals surface area contributed by atoms with Crippen LogP contribution in [-0.4, -0.2) is 11.8 Å². The highest BCUT2D eigenvalue weighted by Crippen LogP contribution is 2.51. The Morgan fingerprint density at radius 2 is 2.05 bits per heavy atom. The fourth-order valence-electron chi connectivity index (χ4n) is 2.11. The molecule has 1 fully saturated rings. The van der Waals surface area contributed by atoms with Crippen LogP contribution in [-0.2, 0) is 0 Å². The van der Waals surface area contributed by atoms with E-state index in [9.17, 15) is 4.79 Å². The van der Waals surface area contributed by atoms with Crippen molar-refractivity contribution in [3.63, 3.8) is 0 Å². The van der Waals surface area contributed by atoms with E-state index >= 15 is 0 Å². The molecule has 1 aliphatic rings. The Balaban J connectivity index is 2.36. The van der Waals surface area contributed by atoms with Gasteiger partial charge < -0.3 is 11.1 Å². The first-order valence-corrected chi connectivity index (χ1v) is 8.00. The van der Waals surface area contributed by atoms with Gasteiger partial charge in [-0.15, -0.1) is 11.3 Å². The van der Waals surface area contributed by atoms with Crippen LogP contribution in [0.3, 0.4) is 0 Å². The van der Waals surface area contributed by atoms with Crippen LogP contribution in [0, 0.1) is 5.92 Å². The summed E-state index contributed by atoms with van der Waals surface area (Å²) in [4.78, 5) is 13.0. The minimum Gasteiger partial charge on any atom is -0.397 e. The highest BCUT2D eigenvalue weighted by molar-refractivity contribution is 7.18. The predicted molar refractivity (Wildman–Crippen MR) is 83.3 cm³/mol. The van der Waals surface area contributed by atoms with Crippen LogP contribution in [0.4, 0.5) is 10.7 Å². The van der Waals surface area contributed by atoms with E-state index in [0.717, 1.165) is 22.0 Å². The fourth-order valence-corrected chi connectivity index (χ4v) is 3.52. The van der Waals surface area contributed by atoms with Gasteiger partial charge in [0.1, 0.15) is 0 Å². The third kappa shape index (κ3) is 2.94. The normalized spacial score (nSPS) is 16.7.